The average molecular weight is 244 g/mol. The van der Waals surface area contributed by atoms with E-state index in [1.54, 1.807) is 0 Å². The maximum absolute atomic E-state index is 11.5. The number of rotatable bonds is 4. The van der Waals surface area contributed by atoms with Crippen LogP contribution in [0.25, 0.3) is 0 Å². The fourth-order valence-corrected chi connectivity index (χ4v) is 2.51. The van der Waals surface area contributed by atoms with Crippen LogP contribution in [0.1, 0.15) is 30.0 Å². The molecule has 0 radical (unpaired) electrons. The summed E-state index contributed by atoms with van der Waals surface area (Å²) < 4.78 is 0. The zero-order chi connectivity index (χ0) is 13.0. The minimum atomic E-state index is -0.806. The summed E-state index contributed by atoms with van der Waals surface area (Å²) in [5, 5.41) is 17.9. The van der Waals surface area contributed by atoms with E-state index >= 15 is 0 Å². The number of fused-ring (bicyclic) bond motifs is 1. The quantitative estimate of drug-likeness (QED) is 0.822. The molecular formula is C14H16N2O2. The Bertz CT molecular complexity index is 479. The molecule has 1 aromatic carbocycles. The highest BCUT2D eigenvalue weighted by atomic mass is 16.4. The monoisotopic (exact) mass is 244 g/mol. The molecule has 94 valence electrons. The van der Waals surface area contributed by atoms with Crippen LogP contribution in [0.2, 0.25) is 0 Å². The van der Waals surface area contributed by atoms with Gasteiger partial charge in [-0.1, -0.05) is 24.3 Å². The van der Waals surface area contributed by atoms with Gasteiger partial charge < -0.3 is 5.11 Å². The number of nitrogens with zero attached hydrogens (tertiary/aromatic N) is 2. The molecule has 0 saturated heterocycles. The molecule has 1 aliphatic heterocycles. The van der Waals surface area contributed by atoms with E-state index in [9.17, 15) is 9.90 Å². The minimum Gasteiger partial charge on any atom is -0.480 e. The predicted molar refractivity (Wildman–Crippen MR) is 66.9 cm³/mol. The number of unbranched alkanes of at least 4 members (excludes halogenated alkanes) is 1. The lowest BCUT2D eigenvalue weighted by Gasteiger charge is -2.34. The van der Waals surface area contributed by atoms with Crippen LogP contribution in [-0.2, 0) is 11.2 Å². The molecule has 1 aromatic rings. The number of carbonyl (C=O) groups is 1. The number of aliphatic carboxylic acids is 1. The second-order valence-corrected chi connectivity index (χ2v) is 4.49. The van der Waals surface area contributed by atoms with Gasteiger partial charge in [-0.2, -0.15) is 5.26 Å². The van der Waals surface area contributed by atoms with Crippen molar-refractivity contribution in [3.05, 3.63) is 35.4 Å². The molecule has 18 heavy (non-hydrogen) atoms. The number of carboxylic acid groups (broad SMARTS) is 1. The number of hydrogen-bond acceptors (Lipinski definition) is 3. The molecule has 0 spiro atoms. The highest BCUT2D eigenvalue weighted by molar-refractivity contribution is 5.76. The Labute approximate surface area is 106 Å². The summed E-state index contributed by atoms with van der Waals surface area (Å²) in [5.41, 5.74) is 2.02. The van der Waals surface area contributed by atoms with E-state index in [1.165, 1.54) is 0 Å². The van der Waals surface area contributed by atoms with Crippen LogP contribution in [-0.4, -0.2) is 29.1 Å². The summed E-state index contributed by atoms with van der Waals surface area (Å²) in [6.45, 7) is 1.41. The van der Waals surface area contributed by atoms with Crippen LogP contribution in [0, 0.1) is 11.3 Å². The molecule has 4 nitrogen and oxygen atoms in total. The Morgan fingerprint density at radius 1 is 1.50 bits per heavy atom. The molecule has 0 fully saturated rings. The van der Waals surface area contributed by atoms with Crippen molar-refractivity contribution in [3.63, 3.8) is 0 Å². The van der Waals surface area contributed by atoms with E-state index in [2.05, 4.69) is 6.07 Å². The molecule has 2 rings (SSSR count). The van der Waals surface area contributed by atoms with Gasteiger partial charge in [-0.15, -0.1) is 0 Å². The van der Waals surface area contributed by atoms with Crippen LogP contribution >= 0.6 is 0 Å². The van der Waals surface area contributed by atoms with Crippen molar-refractivity contribution < 1.29 is 9.90 Å². The molecule has 1 heterocycles. The van der Waals surface area contributed by atoms with Crippen LogP contribution in [0.3, 0.4) is 0 Å². The zero-order valence-electron chi connectivity index (χ0n) is 10.2. The largest absolute Gasteiger partial charge is 0.480 e. The van der Waals surface area contributed by atoms with Crippen molar-refractivity contribution in [2.75, 3.05) is 13.1 Å². The average Bonchev–Trinajstić information content (AvgIpc) is 2.38. The molecule has 0 saturated carbocycles. The van der Waals surface area contributed by atoms with Gasteiger partial charge >= 0.3 is 5.97 Å². The molecule has 4 heteroatoms. The lowest BCUT2D eigenvalue weighted by Crippen LogP contribution is -2.40. The zero-order valence-corrected chi connectivity index (χ0v) is 10.2. The van der Waals surface area contributed by atoms with Crippen molar-refractivity contribution in [3.8, 4) is 6.07 Å². The molecule has 0 amide bonds. The molecule has 0 bridgehead atoms. The first-order valence-electron chi connectivity index (χ1n) is 6.15. The van der Waals surface area contributed by atoms with Gasteiger partial charge in [-0.25, -0.2) is 0 Å². The normalized spacial score (nSPS) is 18.9. The highest BCUT2D eigenvalue weighted by Crippen LogP contribution is 2.29. The van der Waals surface area contributed by atoms with Gasteiger partial charge in [0.2, 0.25) is 0 Å². The third-order valence-corrected chi connectivity index (χ3v) is 3.35. The van der Waals surface area contributed by atoms with Gasteiger partial charge in [0.25, 0.3) is 0 Å². The van der Waals surface area contributed by atoms with Crippen molar-refractivity contribution in [1.29, 1.82) is 5.26 Å². The second kappa shape index (κ2) is 5.65. The molecule has 1 unspecified atom stereocenters. The van der Waals surface area contributed by atoms with Crippen LogP contribution in [0.4, 0.5) is 0 Å². The predicted octanol–water partition coefficient (Wildman–Crippen LogP) is 1.97. The Balaban J connectivity index is 2.19. The molecule has 1 atom stereocenters. The van der Waals surface area contributed by atoms with E-state index in [-0.39, 0.29) is 0 Å². The van der Waals surface area contributed by atoms with Gasteiger partial charge in [-0.3, -0.25) is 9.69 Å². The maximum atomic E-state index is 11.5. The lowest BCUT2D eigenvalue weighted by molar-refractivity contribution is -0.144. The Hall–Kier alpha value is -1.86. The Kier molecular flexibility index (Phi) is 3.96. The molecular weight excluding hydrogens is 228 g/mol. The fraction of sp³-hybridized carbons (Fsp3) is 0.429. The van der Waals surface area contributed by atoms with Crippen molar-refractivity contribution in [1.82, 2.24) is 4.90 Å². The summed E-state index contributed by atoms with van der Waals surface area (Å²) in [6.07, 6.45) is 2.08. The van der Waals surface area contributed by atoms with Crippen LogP contribution < -0.4 is 0 Å². The van der Waals surface area contributed by atoms with Crippen LogP contribution in [0.5, 0.6) is 0 Å². The van der Waals surface area contributed by atoms with Gasteiger partial charge in [-0.05, 0) is 24.0 Å². The Morgan fingerprint density at radius 3 is 3.00 bits per heavy atom. The second-order valence-electron chi connectivity index (χ2n) is 4.49. The van der Waals surface area contributed by atoms with Gasteiger partial charge in [0.15, 0.2) is 0 Å². The van der Waals surface area contributed by atoms with E-state index in [0.29, 0.717) is 13.0 Å². The topological polar surface area (TPSA) is 64.3 Å². The number of hydrogen-bond donors (Lipinski definition) is 1. The lowest BCUT2D eigenvalue weighted by atomic mass is 9.92. The molecule has 0 aliphatic carbocycles. The molecule has 1 aliphatic rings. The number of benzene rings is 1. The van der Waals surface area contributed by atoms with Crippen molar-refractivity contribution in [2.24, 2.45) is 0 Å². The summed E-state index contributed by atoms with van der Waals surface area (Å²) in [4.78, 5) is 13.4. The smallest absolute Gasteiger partial charge is 0.325 e. The molecule has 0 aromatic heterocycles. The van der Waals surface area contributed by atoms with Crippen molar-refractivity contribution >= 4 is 5.97 Å². The van der Waals surface area contributed by atoms with Crippen molar-refractivity contribution in [2.45, 2.75) is 25.3 Å². The van der Waals surface area contributed by atoms with E-state index in [1.807, 2.05) is 29.2 Å². The highest BCUT2D eigenvalue weighted by Gasteiger charge is 2.31. The first kappa shape index (κ1) is 12.6. The van der Waals surface area contributed by atoms with E-state index in [0.717, 1.165) is 30.5 Å². The number of carboxylic acids is 1. The Morgan fingerprint density at radius 2 is 2.28 bits per heavy atom. The van der Waals surface area contributed by atoms with E-state index in [4.69, 9.17) is 5.26 Å². The first-order chi connectivity index (χ1) is 8.74. The molecule has 1 N–H and O–H groups in total. The first-order valence-corrected chi connectivity index (χ1v) is 6.15. The summed E-state index contributed by atoms with van der Waals surface area (Å²) in [5.74, 6) is -0.806. The van der Waals surface area contributed by atoms with Gasteiger partial charge in [0.05, 0.1) is 6.07 Å². The fourth-order valence-electron chi connectivity index (χ4n) is 2.51. The summed E-state index contributed by atoms with van der Waals surface area (Å²) in [7, 11) is 0. The number of nitriles is 1. The third-order valence-electron chi connectivity index (χ3n) is 3.35. The van der Waals surface area contributed by atoms with Gasteiger partial charge in [0.1, 0.15) is 6.04 Å². The van der Waals surface area contributed by atoms with Crippen LogP contribution in [0.15, 0.2) is 24.3 Å². The standard InChI is InChI=1S/C14H16N2O2/c15-8-3-4-9-16-10-7-11-5-1-2-6-12(11)13(16)14(17)18/h1-2,5-6,13H,3-4,7,9-10H2,(H,17,18). The summed E-state index contributed by atoms with van der Waals surface area (Å²) >= 11 is 0. The third kappa shape index (κ3) is 2.52. The summed E-state index contributed by atoms with van der Waals surface area (Å²) in [6, 6.07) is 9.26. The SMILES string of the molecule is N#CCCCN1CCc2ccccc2C1C(=O)O. The maximum Gasteiger partial charge on any atom is 0.325 e. The minimum absolute atomic E-state index is 0.477. The van der Waals surface area contributed by atoms with Gasteiger partial charge in [0, 0.05) is 19.5 Å². The van der Waals surface area contributed by atoms with E-state index < -0.39 is 12.0 Å².